The maximum Gasteiger partial charge on any atom is 0.173 e. The molecule has 2 aromatic rings. The summed E-state index contributed by atoms with van der Waals surface area (Å²) in [6.07, 6.45) is 0. The topological polar surface area (TPSA) is 67.8 Å². The van der Waals surface area contributed by atoms with Crippen molar-refractivity contribution >= 4 is 21.8 Å². The van der Waals surface area contributed by atoms with Crippen LogP contribution in [0.2, 0.25) is 0 Å². The van der Waals surface area contributed by atoms with Gasteiger partial charge in [0.15, 0.2) is 5.84 Å². The molecule has 0 aliphatic rings. The fraction of sp³-hybridized carbons (Fsp3) is 0.188. The zero-order chi connectivity index (χ0) is 15.6. The molecule has 0 saturated carbocycles. The fourth-order valence-corrected chi connectivity index (χ4v) is 2.30. The normalized spacial score (nSPS) is 11.5. The Morgan fingerprint density at radius 2 is 1.76 bits per heavy atom. The van der Waals surface area contributed by atoms with E-state index in [9.17, 15) is 0 Å². The van der Waals surface area contributed by atoms with E-state index in [0.717, 1.165) is 21.2 Å². The predicted octanol–water partition coefficient (Wildman–Crippen LogP) is 4.26. The van der Waals surface area contributed by atoms with Gasteiger partial charge < -0.3 is 15.7 Å². The summed E-state index contributed by atoms with van der Waals surface area (Å²) < 4.78 is 7.00. The Balaban J connectivity index is 2.46. The largest absolute Gasteiger partial charge is 0.457 e. The second-order valence-electron chi connectivity index (χ2n) is 4.96. The van der Waals surface area contributed by atoms with Gasteiger partial charge >= 0.3 is 0 Å². The number of amidine groups is 1. The summed E-state index contributed by atoms with van der Waals surface area (Å²) >= 11 is 3.53. The lowest BCUT2D eigenvalue weighted by atomic mass is 10.1. The molecule has 0 radical (unpaired) electrons. The number of oxime groups is 1. The lowest BCUT2D eigenvalue weighted by molar-refractivity contribution is 0.318. The zero-order valence-electron chi connectivity index (χ0n) is 12.1. The van der Waals surface area contributed by atoms with E-state index >= 15 is 0 Å². The van der Waals surface area contributed by atoms with Gasteiger partial charge in [-0.3, -0.25) is 0 Å². The van der Waals surface area contributed by atoms with E-state index in [1.54, 1.807) is 6.07 Å². The van der Waals surface area contributed by atoms with Crippen LogP contribution < -0.4 is 10.5 Å². The third-order valence-corrected chi connectivity index (χ3v) is 4.41. The Bertz CT molecular complexity index is 688. The van der Waals surface area contributed by atoms with Crippen molar-refractivity contribution in [2.75, 3.05) is 0 Å². The van der Waals surface area contributed by atoms with Crippen LogP contribution in [0.3, 0.4) is 0 Å². The van der Waals surface area contributed by atoms with E-state index in [0.29, 0.717) is 17.1 Å². The summed E-state index contributed by atoms with van der Waals surface area (Å²) in [6, 6.07) is 9.40. The van der Waals surface area contributed by atoms with Crippen LogP contribution in [0.25, 0.3) is 0 Å². The van der Waals surface area contributed by atoms with E-state index in [1.165, 1.54) is 0 Å². The molecule has 4 nitrogen and oxygen atoms in total. The third kappa shape index (κ3) is 3.36. The standard InChI is InChI=1S/C16H17BrN2O2/c1-9-4-5-13(16(18)19-20)14(6-9)21-12-7-10(2)15(17)11(3)8-12/h4-8,20H,1-3H3,(H2,18,19). The fourth-order valence-electron chi connectivity index (χ4n) is 2.07. The van der Waals surface area contributed by atoms with Gasteiger partial charge in [-0.25, -0.2) is 0 Å². The molecular weight excluding hydrogens is 332 g/mol. The highest BCUT2D eigenvalue weighted by Crippen LogP contribution is 2.31. The zero-order valence-corrected chi connectivity index (χ0v) is 13.7. The minimum Gasteiger partial charge on any atom is -0.457 e. The Kier molecular flexibility index (Phi) is 4.53. The van der Waals surface area contributed by atoms with Crippen molar-refractivity contribution in [3.05, 3.63) is 57.1 Å². The van der Waals surface area contributed by atoms with Crippen LogP contribution in [-0.2, 0) is 0 Å². The van der Waals surface area contributed by atoms with Crippen molar-refractivity contribution in [1.82, 2.24) is 0 Å². The molecule has 110 valence electrons. The number of nitrogens with zero attached hydrogens (tertiary/aromatic N) is 1. The van der Waals surface area contributed by atoms with E-state index in [1.807, 2.05) is 45.0 Å². The Hall–Kier alpha value is -2.01. The van der Waals surface area contributed by atoms with Gasteiger partial charge in [-0.15, -0.1) is 0 Å². The van der Waals surface area contributed by atoms with Crippen LogP contribution in [0.5, 0.6) is 11.5 Å². The highest BCUT2D eigenvalue weighted by molar-refractivity contribution is 9.10. The summed E-state index contributed by atoms with van der Waals surface area (Å²) in [5.41, 5.74) is 9.46. The summed E-state index contributed by atoms with van der Waals surface area (Å²) in [7, 11) is 0. The first-order chi connectivity index (χ1) is 9.92. The first-order valence-corrected chi connectivity index (χ1v) is 7.25. The number of ether oxygens (including phenoxy) is 1. The van der Waals surface area contributed by atoms with Gasteiger partial charge in [0.1, 0.15) is 11.5 Å². The summed E-state index contributed by atoms with van der Waals surface area (Å²) in [5.74, 6) is 1.30. The van der Waals surface area contributed by atoms with Gasteiger partial charge in [0.2, 0.25) is 0 Å². The molecule has 0 amide bonds. The molecular formula is C16H17BrN2O2. The molecule has 0 aliphatic carbocycles. The molecule has 21 heavy (non-hydrogen) atoms. The highest BCUT2D eigenvalue weighted by Gasteiger charge is 2.11. The van der Waals surface area contributed by atoms with Crippen LogP contribution >= 0.6 is 15.9 Å². The summed E-state index contributed by atoms with van der Waals surface area (Å²) in [6.45, 7) is 5.97. The number of nitrogens with two attached hydrogens (primary N) is 1. The third-order valence-electron chi connectivity index (χ3n) is 3.16. The van der Waals surface area contributed by atoms with Crippen molar-refractivity contribution < 1.29 is 9.94 Å². The number of halogens is 1. The highest BCUT2D eigenvalue weighted by atomic mass is 79.9. The molecule has 3 N–H and O–H groups in total. The number of hydrogen-bond donors (Lipinski definition) is 2. The SMILES string of the molecule is Cc1ccc(/C(N)=N/O)c(Oc2cc(C)c(Br)c(C)c2)c1. The van der Waals surface area contributed by atoms with Crippen LogP contribution in [0.4, 0.5) is 0 Å². The smallest absolute Gasteiger partial charge is 0.173 e. The quantitative estimate of drug-likeness (QED) is 0.377. The second-order valence-corrected chi connectivity index (χ2v) is 5.75. The average molecular weight is 349 g/mol. The van der Waals surface area contributed by atoms with Crippen LogP contribution in [0.1, 0.15) is 22.3 Å². The number of aryl methyl sites for hydroxylation is 3. The summed E-state index contributed by atoms with van der Waals surface area (Å²) in [4.78, 5) is 0. The Morgan fingerprint density at radius 3 is 2.33 bits per heavy atom. The Morgan fingerprint density at radius 1 is 1.14 bits per heavy atom. The van der Waals surface area contributed by atoms with Crippen LogP contribution in [-0.4, -0.2) is 11.0 Å². The molecule has 0 spiro atoms. The lowest BCUT2D eigenvalue weighted by Gasteiger charge is -2.13. The van der Waals surface area contributed by atoms with Crippen LogP contribution in [0, 0.1) is 20.8 Å². The predicted molar refractivity (Wildman–Crippen MR) is 87.4 cm³/mol. The number of hydrogen-bond acceptors (Lipinski definition) is 3. The first-order valence-electron chi connectivity index (χ1n) is 6.45. The molecule has 0 heterocycles. The van der Waals surface area contributed by atoms with Gasteiger partial charge in [-0.05, 0) is 61.7 Å². The minimum absolute atomic E-state index is 0.0237. The lowest BCUT2D eigenvalue weighted by Crippen LogP contribution is -2.14. The molecule has 0 aliphatic heterocycles. The molecule has 2 aromatic carbocycles. The molecule has 0 unspecified atom stereocenters. The molecule has 5 heteroatoms. The molecule has 2 rings (SSSR count). The summed E-state index contributed by atoms with van der Waals surface area (Å²) in [5, 5.41) is 11.9. The second kappa shape index (κ2) is 6.18. The van der Waals surface area contributed by atoms with Crippen molar-refractivity contribution in [2.45, 2.75) is 20.8 Å². The van der Waals surface area contributed by atoms with E-state index in [2.05, 4.69) is 21.1 Å². The van der Waals surface area contributed by atoms with Crippen molar-refractivity contribution in [1.29, 1.82) is 0 Å². The maximum absolute atomic E-state index is 8.87. The van der Waals surface area contributed by atoms with Gasteiger partial charge in [0.05, 0.1) is 5.56 Å². The van der Waals surface area contributed by atoms with Crippen LogP contribution in [0.15, 0.2) is 40.0 Å². The molecule has 0 atom stereocenters. The number of rotatable bonds is 3. The number of benzene rings is 2. The van der Waals surface area contributed by atoms with Crippen molar-refractivity contribution in [3.8, 4) is 11.5 Å². The average Bonchev–Trinajstić information content (AvgIpc) is 2.44. The van der Waals surface area contributed by atoms with Gasteiger partial charge in [-0.2, -0.15) is 0 Å². The van der Waals surface area contributed by atoms with E-state index in [4.69, 9.17) is 15.7 Å². The molecule has 0 saturated heterocycles. The molecule has 0 aromatic heterocycles. The first kappa shape index (κ1) is 15.4. The maximum atomic E-state index is 8.87. The van der Waals surface area contributed by atoms with Crippen molar-refractivity contribution in [2.24, 2.45) is 10.9 Å². The molecule has 0 fully saturated rings. The minimum atomic E-state index is 0.0237. The van der Waals surface area contributed by atoms with E-state index in [-0.39, 0.29) is 5.84 Å². The Labute approximate surface area is 132 Å². The van der Waals surface area contributed by atoms with Gasteiger partial charge in [-0.1, -0.05) is 27.2 Å². The monoisotopic (exact) mass is 348 g/mol. The van der Waals surface area contributed by atoms with Gasteiger partial charge in [0.25, 0.3) is 0 Å². The van der Waals surface area contributed by atoms with Gasteiger partial charge in [0, 0.05) is 4.47 Å². The van der Waals surface area contributed by atoms with Crippen molar-refractivity contribution in [3.63, 3.8) is 0 Å². The van der Waals surface area contributed by atoms with E-state index < -0.39 is 0 Å². The molecule has 0 bridgehead atoms.